The monoisotopic (exact) mass is 283 g/mol. The minimum absolute atomic E-state index is 0.113. The summed E-state index contributed by atoms with van der Waals surface area (Å²) in [5, 5.41) is 0. The van der Waals surface area contributed by atoms with Crippen molar-refractivity contribution in [3.05, 3.63) is 59.7 Å². The first kappa shape index (κ1) is 13.3. The molecule has 1 aliphatic rings. The highest BCUT2D eigenvalue weighted by molar-refractivity contribution is 7.98. The molecule has 1 heterocycles. The first-order valence-electron chi connectivity index (χ1n) is 6.84. The van der Waals surface area contributed by atoms with Crippen molar-refractivity contribution >= 4 is 23.4 Å². The summed E-state index contributed by atoms with van der Waals surface area (Å²) in [6, 6.07) is 16.1. The van der Waals surface area contributed by atoms with Crippen LogP contribution in [0, 0.1) is 0 Å². The second-order valence-electron chi connectivity index (χ2n) is 4.89. The van der Waals surface area contributed by atoms with E-state index >= 15 is 0 Å². The van der Waals surface area contributed by atoms with Gasteiger partial charge < -0.3 is 4.90 Å². The van der Waals surface area contributed by atoms with Gasteiger partial charge in [-0.05, 0) is 42.9 Å². The zero-order chi connectivity index (χ0) is 13.9. The molecule has 0 saturated heterocycles. The molecule has 20 heavy (non-hydrogen) atoms. The van der Waals surface area contributed by atoms with E-state index < -0.39 is 0 Å². The largest absolute Gasteiger partial charge is 0.308 e. The molecule has 0 N–H and O–H groups in total. The van der Waals surface area contributed by atoms with Crippen molar-refractivity contribution in [1.29, 1.82) is 0 Å². The van der Waals surface area contributed by atoms with Crippen molar-refractivity contribution in [2.45, 2.75) is 17.7 Å². The third-order valence-corrected chi connectivity index (χ3v) is 4.49. The van der Waals surface area contributed by atoms with E-state index in [-0.39, 0.29) is 5.91 Å². The second kappa shape index (κ2) is 5.71. The summed E-state index contributed by atoms with van der Waals surface area (Å²) < 4.78 is 0. The van der Waals surface area contributed by atoms with Crippen molar-refractivity contribution in [1.82, 2.24) is 0 Å². The van der Waals surface area contributed by atoms with Crippen LogP contribution in [0.15, 0.2) is 53.4 Å². The summed E-state index contributed by atoms with van der Waals surface area (Å²) in [6.45, 7) is 0.804. The molecular weight excluding hydrogens is 266 g/mol. The van der Waals surface area contributed by atoms with Gasteiger partial charge in [0.05, 0.1) is 5.56 Å². The molecule has 2 nitrogen and oxygen atoms in total. The SMILES string of the molecule is CSc1ccccc1C(=O)N1CCCc2ccccc21. The Balaban J connectivity index is 2.00. The maximum Gasteiger partial charge on any atom is 0.259 e. The van der Waals surface area contributed by atoms with Crippen LogP contribution in [0.3, 0.4) is 0 Å². The first-order valence-corrected chi connectivity index (χ1v) is 8.06. The number of hydrogen-bond donors (Lipinski definition) is 0. The number of rotatable bonds is 2. The fraction of sp³-hybridized carbons (Fsp3) is 0.235. The fourth-order valence-corrected chi connectivity index (χ4v) is 3.30. The number of aryl methyl sites for hydroxylation is 1. The van der Waals surface area contributed by atoms with Crippen LogP contribution < -0.4 is 4.90 Å². The van der Waals surface area contributed by atoms with Crippen LogP contribution in [0.2, 0.25) is 0 Å². The average molecular weight is 283 g/mol. The summed E-state index contributed by atoms with van der Waals surface area (Å²) in [5.41, 5.74) is 3.14. The molecule has 0 saturated carbocycles. The van der Waals surface area contributed by atoms with Crippen molar-refractivity contribution in [3.8, 4) is 0 Å². The molecule has 102 valence electrons. The predicted octanol–water partition coefficient (Wildman–Crippen LogP) is 4.00. The van der Waals surface area contributed by atoms with Gasteiger partial charge in [0.25, 0.3) is 5.91 Å². The normalized spacial score (nSPS) is 13.9. The Kier molecular flexibility index (Phi) is 3.79. The molecular formula is C17H17NOS. The standard InChI is InChI=1S/C17H17NOS/c1-20-16-11-5-3-9-14(16)17(19)18-12-6-8-13-7-2-4-10-15(13)18/h2-5,7,9-11H,6,8,12H2,1H3. The molecule has 0 aromatic heterocycles. The smallest absolute Gasteiger partial charge is 0.259 e. The third kappa shape index (κ3) is 2.34. The molecule has 0 aliphatic carbocycles. The number of fused-ring (bicyclic) bond motifs is 1. The highest BCUT2D eigenvalue weighted by Crippen LogP contribution is 2.30. The summed E-state index contributed by atoms with van der Waals surface area (Å²) in [4.78, 5) is 15.8. The van der Waals surface area contributed by atoms with Gasteiger partial charge in [-0.1, -0.05) is 30.3 Å². The van der Waals surface area contributed by atoms with Crippen molar-refractivity contribution in [2.75, 3.05) is 17.7 Å². The topological polar surface area (TPSA) is 20.3 Å². The average Bonchev–Trinajstić information content (AvgIpc) is 2.53. The van der Waals surface area contributed by atoms with E-state index in [1.165, 1.54) is 5.56 Å². The van der Waals surface area contributed by atoms with Crippen LogP contribution in [0.4, 0.5) is 5.69 Å². The molecule has 0 atom stereocenters. The molecule has 3 heteroatoms. The highest BCUT2D eigenvalue weighted by atomic mass is 32.2. The highest BCUT2D eigenvalue weighted by Gasteiger charge is 2.24. The van der Waals surface area contributed by atoms with Crippen molar-refractivity contribution in [2.24, 2.45) is 0 Å². The first-order chi connectivity index (χ1) is 9.81. The summed E-state index contributed by atoms with van der Waals surface area (Å²) in [7, 11) is 0. The van der Waals surface area contributed by atoms with E-state index in [1.54, 1.807) is 11.8 Å². The lowest BCUT2D eigenvalue weighted by Crippen LogP contribution is -2.35. The second-order valence-corrected chi connectivity index (χ2v) is 5.74. The van der Waals surface area contributed by atoms with E-state index in [4.69, 9.17) is 0 Å². The molecule has 0 fully saturated rings. The molecule has 0 bridgehead atoms. The van der Waals surface area contributed by atoms with Crippen LogP contribution in [-0.4, -0.2) is 18.7 Å². The maximum atomic E-state index is 12.9. The number of hydrogen-bond acceptors (Lipinski definition) is 2. The zero-order valence-electron chi connectivity index (χ0n) is 11.5. The van der Waals surface area contributed by atoms with Crippen molar-refractivity contribution in [3.63, 3.8) is 0 Å². The van der Waals surface area contributed by atoms with Crippen LogP contribution in [0.25, 0.3) is 0 Å². The number of thioether (sulfide) groups is 1. The minimum Gasteiger partial charge on any atom is -0.308 e. The van der Waals surface area contributed by atoms with Gasteiger partial charge in [0, 0.05) is 17.1 Å². The molecule has 3 rings (SSSR count). The molecule has 2 aromatic rings. The Bertz CT molecular complexity index is 638. The summed E-state index contributed by atoms with van der Waals surface area (Å²) in [5.74, 6) is 0.113. The van der Waals surface area contributed by atoms with Gasteiger partial charge in [0.15, 0.2) is 0 Å². The van der Waals surface area contributed by atoms with Crippen LogP contribution >= 0.6 is 11.8 Å². The minimum atomic E-state index is 0.113. The van der Waals surface area contributed by atoms with Gasteiger partial charge in [0.1, 0.15) is 0 Å². The summed E-state index contributed by atoms with van der Waals surface area (Å²) >= 11 is 1.62. The number of benzene rings is 2. The van der Waals surface area contributed by atoms with Gasteiger partial charge in [-0.25, -0.2) is 0 Å². The van der Waals surface area contributed by atoms with Crippen molar-refractivity contribution < 1.29 is 4.79 Å². The predicted molar refractivity (Wildman–Crippen MR) is 84.7 cm³/mol. The lowest BCUT2D eigenvalue weighted by Gasteiger charge is -2.30. The fourth-order valence-electron chi connectivity index (χ4n) is 2.71. The van der Waals surface area contributed by atoms with Crippen LogP contribution in [-0.2, 0) is 6.42 Å². The molecule has 0 unspecified atom stereocenters. The number of para-hydroxylation sites is 1. The van der Waals surface area contributed by atoms with Gasteiger partial charge in [-0.15, -0.1) is 11.8 Å². The molecule has 0 spiro atoms. The van der Waals surface area contributed by atoms with Gasteiger partial charge in [-0.2, -0.15) is 0 Å². The van der Waals surface area contributed by atoms with E-state index in [0.29, 0.717) is 0 Å². The Morgan fingerprint density at radius 1 is 1.10 bits per heavy atom. The number of nitrogens with zero attached hydrogens (tertiary/aromatic N) is 1. The number of carbonyl (C=O) groups excluding carboxylic acids is 1. The van der Waals surface area contributed by atoms with Gasteiger partial charge in [-0.3, -0.25) is 4.79 Å². The summed E-state index contributed by atoms with van der Waals surface area (Å²) in [6.07, 6.45) is 4.10. The van der Waals surface area contributed by atoms with Gasteiger partial charge >= 0.3 is 0 Å². The zero-order valence-corrected chi connectivity index (χ0v) is 12.3. The maximum absolute atomic E-state index is 12.9. The molecule has 1 amide bonds. The lowest BCUT2D eigenvalue weighted by molar-refractivity contribution is 0.0982. The van der Waals surface area contributed by atoms with E-state index in [0.717, 1.165) is 35.5 Å². The lowest BCUT2D eigenvalue weighted by atomic mass is 10.0. The number of anilines is 1. The van der Waals surface area contributed by atoms with Gasteiger partial charge in [0.2, 0.25) is 0 Å². The Morgan fingerprint density at radius 3 is 2.70 bits per heavy atom. The number of carbonyl (C=O) groups is 1. The van der Waals surface area contributed by atoms with Crippen LogP contribution in [0.5, 0.6) is 0 Å². The third-order valence-electron chi connectivity index (χ3n) is 3.69. The molecule has 0 radical (unpaired) electrons. The Labute approximate surface area is 123 Å². The number of amides is 1. The molecule has 1 aliphatic heterocycles. The van der Waals surface area contributed by atoms with E-state index in [2.05, 4.69) is 6.07 Å². The van der Waals surface area contributed by atoms with Crippen LogP contribution in [0.1, 0.15) is 22.3 Å². The van der Waals surface area contributed by atoms with E-state index in [9.17, 15) is 4.79 Å². The Morgan fingerprint density at radius 2 is 1.85 bits per heavy atom. The quantitative estimate of drug-likeness (QED) is 0.776. The van der Waals surface area contributed by atoms with E-state index in [1.807, 2.05) is 53.6 Å². The molecule has 2 aromatic carbocycles. The Hall–Kier alpha value is -1.74.